The molecule has 0 aromatic heterocycles. The van der Waals surface area contributed by atoms with Crippen LogP contribution in [0.5, 0.6) is 11.5 Å². The van der Waals surface area contributed by atoms with Crippen molar-refractivity contribution in [3.05, 3.63) is 23.8 Å². The molecule has 1 aromatic rings. The quantitative estimate of drug-likeness (QED) is 0.562. The topological polar surface area (TPSA) is 94.6 Å². The first-order chi connectivity index (χ1) is 15.1. The van der Waals surface area contributed by atoms with Gasteiger partial charge >= 0.3 is 12.1 Å². The van der Waals surface area contributed by atoms with Crippen LogP contribution in [0.15, 0.2) is 18.2 Å². The predicted molar refractivity (Wildman–Crippen MR) is 118 cm³/mol. The molecule has 0 spiro atoms. The smallest absolute Gasteiger partial charge is 0.410 e. The number of carbonyl (C=O) groups excluding carboxylic acids is 3. The van der Waals surface area contributed by atoms with Crippen LogP contribution >= 0.6 is 0 Å². The third-order valence-electron chi connectivity index (χ3n) is 4.60. The van der Waals surface area contributed by atoms with E-state index in [2.05, 4.69) is 0 Å². The minimum absolute atomic E-state index is 0.134. The maximum absolute atomic E-state index is 12.6. The Hall–Kier alpha value is -2.97. The Balaban J connectivity index is 1.89. The first-order valence-electron chi connectivity index (χ1n) is 10.9. The number of nitrogens with zero attached hydrogens (tertiary/aromatic N) is 2. The van der Waals surface area contributed by atoms with Crippen molar-refractivity contribution in [2.75, 3.05) is 46.0 Å². The molecule has 9 heteroatoms. The summed E-state index contributed by atoms with van der Waals surface area (Å²) in [4.78, 5) is 39.7. The summed E-state index contributed by atoms with van der Waals surface area (Å²) in [6.45, 7) is 11.3. The molecule has 0 bridgehead atoms. The van der Waals surface area contributed by atoms with E-state index in [-0.39, 0.29) is 31.0 Å². The molecule has 178 valence electrons. The number of benzene rings is 1. The van der Waals surface area contributed by atoms with Gasteiger partial charge in [0.1, 0.15) is 5.60 Å². The second kappa shape index (κ2) is 11.6. The Labute approximate surface area is 189 Å². The average molecular weight is 451 g/mol. The maximum Gasteiger partial charge on any atom is 0.410 e. The van der Waals surface area contributed by atoms with Crippen molar-refractivity contribution in [3.63, 3.8) is 0 Å². The van der Waals surface area contributed by atoms with Gasteiger partial charge in [0, 0.05) is 26.2 Å². The van der Waals surface area contributed by atoms with Gasteiger partial charge in [0.15, 0.2) is 18.1 Å². The van der Waals surface area contributed by atoms with E-state index in [1.807, 2.05) is 27.7 Å². The van der Waals surface area contributed by atoms with Crippen LogP contribution < -0.4 is 9.47 Å². The number of piperazine rings is 1. The lowest BCUT2D eigenvalue weighted by molar-refractivity contribution is -0.142. The summed E-state index contributed by atoms with van der Waals surface area (Å²) in [6, 6.07) is 5.16. The van der Waals surface area contributed by atoms with Gasteiger partial charge in [-0.25, -0.2) is 4.79 Å². The molecule has 0 unspecified atom stereocenters. The van der Waals surface area contributed by atoms with E-state index in [1.54, 1.807) is 34.9 Å². The molecule has 2 rings (SSSR count). The molecule has 1 fully saturated rings. The summed E-state index contributed by atoms with van der Waals surface area (Å²) in [5.41, 5.74) is 0.186. The summed E-state index contributed by atoms with van der Waals surface area (Å²) in [6.07, 6.45) is -0.236. The van der Waals surface area contributed by atoms with Crippen molar-refractivity contribution >= 4 is 18.0 Å². The molecular formula is C23H34N2O7. The van der Waals surface area contributed by atoms with Gasteiger partial charge in [-0.05, 0) is 52.3 Å². The van der Waals surface area contributed by atoms with Crippen molar-refractivity contribution in [2.24, 2.45) is 0 Å². The lowest BCUT2D eigenvalue weighted by Crippen LogP contribution is -2.52. The molecule has 32 heavy (non-hydrogen) atoms. The molecule has 0 atom stereocenters. The molecule has 1 aromatic carbocycles. The molecule has 9 nitrogen and oxygen atoms in total. The van der Waals surface area contributed by atoms with Crippen LogP contribution in [0.4, 0.5) is 4.79 Å². The molecule has 1 aliphatic heterocycles. The predicted octanol–water partition coefficient (Wildman–Crippen LogP) is 2.65. The molecule has 0 radical (unpaired) electrons. The molecule has 2 amide bonds. The Morgan fingerprint density at radius 2 is 1.56 bits per heavy atom. The van der Waals surface area contributed by atoms with Crippen molar-refractivity contribution in [2.45, 2.75) is 46.6 Å². The van der Waals surface area contributed by atoms with Crippen molar-refractivity contribution in [3.8, 4) is 11.5 Å². The minimum Gasteiger partial charge on any atom is -0.490 e. The standard InChI is InChI=1S/C23H34N2O7/c1-6-29-19-14-17(15-21(27)30-7-2)8-9-18(19)31-16-20(26)24-10-12-25(13-11-24)22(28)32-23(3,4)5/h8-9,14H,6-7,10-13,15-16H2,1-5H3. The normalized spacial score (nSPS) is 14.0. The van der Waals surface area contributed by atoms with Crippen LogP contribution in [-0.4, -0.2) is 79.4 Å². The van der Waals surface area contributed by atoms with Crippen LogP contribution in [-0.2, 0) is 25.5 Å². The van der Waals surface area contributed by atoms with Crippen molar-refractivity contribution < 1.29 is 33.3 Å². The van der Waals surface area contributed by atoms with Gasteiger partial charge in [-0.1, -0.05) is 6.07 Å². The van der Waals surface area contributed by atoms with E-state index in [0.29, 0.717) is 50.9 Å². The molecule has 1 aliphatic rings. The second-order valence-electron chi connectivity index (χ2n) is 8.33. The Bertz CT molecular complexity index is 796. The van der Waals surface area contributed by atoms with Gasteiger partial charge in [-0.3, -0.25) is 9.59 Å². The van der Waals surface area contributed by atoms with E-state index >= 15 is 0 Å². The van der Waals surface area contributed by atoms with Gasteiger partial charge in [0.25, 0.3) is 5.91 Å². The fraction of sp³-hybridized carbons (Fsp3) is 0.609. The Kier molecular flexibility index (Phi) is 9.16. The third-order valence-corrected chi connectivity index (χ3v) is 4.60. The molecule has 0 N–H and O–H groups in total. The number of carbonyl (C=O) groups is 3. The van der Waals surface area contributed by atoms with Crippen molar-refractivity contribution in [1.29, 1.82) is 0 Å². The molecular weight excluding hydrogens is 416 g/mol. The second-order valence-corrected chi connectivity index (χ2v) is 8.33. The first kappa shape index (κ1) is 25.3. The Morgan fingerprint density at radius 3 is 2.16 bits per heavy atom. The lowest BCUT2D eigenvalue weighted by atomic mass is 10.1. The number of hydrogen-bond donors (Lipinski definition) is 0. The third kappa shape index (κ3) is 7.94. The number of ether oxygens (including phenoxy) is 4. The van der Waals surface area contributed by atoms with Crippen LogP contribution in [0.3, 0.4) is 0 Å². The number of rotatable bonds is 8. The largest absolute Gasteiger partial charge is 0.490 e. The fourth-order valence-electron chi connectivity index (χ4n) is 3.12. The zero-order valence-corrected chi connectivity index (χ0v) is 19.6. The summed E-state index contributed by atoms with van der Waals surface area (Å²) < 4.78 is 21.7. The van der Waals surface area contributed by atoms with Crippen LogP contribution in [0.1, 0.15) is 40.2 Å². The number of esters is 1. The Morgan fingerprint density at radius 1 is 0.906 bits per heavy atom. The lowest BCUT2D eigenvalue weighted by Gasteiger charge is -2.35. The van der Waals surface area contributed by atoms with Gasteiger partial charge in [-0.2, -0.15) is 0 Å². The number of amides is 2. The zero-order chi connectivity index (χ0) is 23.7. The van der Waals surface area contributed by atoms with Gasteiger partial charge < -0.3 is 28.7 Å². The molecule has 0 aliphatic carbocycles. The fourth-order valence-corrected chi connectivity index (χ4v) is 3.12. The number of hydrogen-bond acceptors (Lipinski definition) is 7. The average Bonchev–Trinajstić information content (AvgIpc) is 2.72. The van der Waals surface area contributed by atoms with Gasteiger partial charge in [0.05, 0.1) is 19.6 Å². The molecule has 0 saturated carbocycles. The summed E-state index contributed by atoms with van der Waals surface area (Å²) in [5, 5.41) is 0. The van der Waals surface area contributed by atoms with E-state index in [4.69, 9.17) is 18.9 Å². The van der Waals surface area contributed by atoms with Crippen LogP contribution in [0, 0.1) is 0 Å². The monoisotopic (exact) mass is 450 g/mol. The minimum atomic E-state index is -0.554. The van der Waals surface area contributed by atoms with Crippen molar-refractivity contribution in [1.82, 2.24) is 9.80 Å². The molecule has 1 heterocycles. The highest BCUT2D eigenvalue weighted by Gasteiger charge is 2.28. The van der Waals surface area contributed by atoms with E-state index < -0.39 is 5.60 Å². The van der Waals surface area contributed by atoms with Gasteiger partial charge in [0.2, 0.25) is 0 Å². The zero-order valence-electron chi connectivity index (χ0n) is 19.6. The van der Waals surface area contributed by atoms with Gasteiger partial charge in [-0.15, -0.1) is 0 Å². The summed E-state index contributed by atoms with van der Waals surface area (Å²) in [5.74, 6) is 0.410. The van der Waals surface area contributed by atoms with E-state index in [9.17, 15) is 14.4 Å². The van der Waals surface area contributed by atoms with E-state index in [1.165, 1.54) is 0 Å². The maximum atomic E-state index is 12.6. The molecule has 1 saturated heterocycles. The highest BCUT2D eigenvalue weighted by Crippen LogP contribution is 2.29. The highest BCUT2D eigenvalue weighted by molar-refractivity contribution is 5.78. The highest BCUT2D eigenvalue weighted by atomic mass is 16.6. The summed E-state index contributed by atoms with van der Waals surface area (Å²) >= 11 is 0. The van der Waals surface area contributed by atoms with E-state index in [0.717, 1.165) is 5.56 Å². The van der Waals surface area contributed by atoms with Crippen LogP contribution in [0.25, 0.3) is 0 Å². The van der Waals surface area contributed by atoms with Crippen LogP contribution in [0.2, 0.25) is 0 Å². The summed E-state index contributed by atoms with van der Waals surface area (Å²) in [7, 11) is 0. The first-order valence-corrected chi connectivity index (χ1v) is 10.9. The SMILES string of the molecule is CCOC(=O)Cc1ccc(OCC(=O)N2CCN(C(=O)OC(C)(C)C)CC2)c(OCC)c1.